The van der Waals surface area contributed by atoms with E-state index in [-0.39, 0.29) is 6.42 Å². The fourth-order valence-corrected chi connectivity index (χ4v) is 2.38. The van der Waals surface area contributed by atoms with Crippen molar-refractivity contribution in [1.82, 2.24) is 0 Å². The average Bonchev–Trinajstić information content (AvgIpc) is 2.45. The van der Waals surface area contributed by atoms with E-state index >= 15 is 0 Å². The molecule has 0 radical (unpaired) electrons. The Hall–Kier alpha value is -2.00. The van der Waals surface area contributed by atoms with Crippen LogP contribution in [0.4, 0.5) is 5.69 Å². The molecule has 0 aliphatic carbocycles. The monoisotopic (exact) mass is 303 g/mol. The van der Waals surface area contributed by atoms with E-state index in [0.29, 0.717) is 18.1 Å². The summed E-state index contributed by atoms with van der Waals surface area (Å²) in [5.41, 5.74) is 3.31. The molecule has 0 fully saturated rings. The lowest BCUT2D eigenvalue weighted by atomic mass is 10.1. The molecular formula is C17H18ClNO2. The highest BCUT2D eigenvalue weighted by atomic mass is 35.5. The van der Waals surface area contributed by atoms with Crippen LogP contribution in [0.15, 0.2) is 48.5 Å². The molecular weight excluding hydrogens is 286 g/mol. The van der Waals surface area contributed by atoms with Crippen LogP contribution in [0.3, 0.4) is 0 Å². The standard InChI is InChI=1S/C17H18ClNO2/c1-13-5-2-3-6-14(13)12-19(10-9-17(20)21)16-8-4-7-15(18)11-16/h2-8,11H,9-10,12H2,1H3,(H,20,21). The molecule has 0 bridgehead atoms. The molecule has 0 heterocycles. The van der Waals surface area contributed by atoms with Gasteiger partial charge >= 0.3 is 5.97 Å². The van der Waals surface area contributed by atoms with Crippen molar-refractivity contribution < 1.29 is 9.90 Å². The Morgan fingerprint density at radius 3 is 2.62 bits per heavy atom. The van der Waals surface area contributed by atoms with Crippen LogP contribution in [-0.2, 0) is 11.3 Å². The topological polar surface area (TPSA) is 40.5 Å². The van der Waals surface area contributed by atoms with Crippen molar-refractivity contribution in [3.63, 3.8) is 0 Å². The molecule has 21 heavy (non-hydrogen) atoms. The Morgan fingerprint density at radius 1 is 1.19 bits per heavy atom. The number of hydrogen-bond acceptors (Lipinski definition) is 2. The van der Waals surface area contributed by atoms with Crippen LogP contribution in [0.5, 0.6) is 0 Å². The summed E-state index contributed by atoms with van der Waals surface area (Å²) in [6.07, 6.45) is 0.0956. The van der Waals surface area contributed by atoms with Gasteiger partial charge in [-0.1, -0.05) is 41.9 Å². The highest BCUT2D eigenvalue weighted by Gasteiger charge is 2.11. The number of aryl methyl sites for hydroxylation is 1. The van der Waals surface area contributed by atoms with E-state index in [1.807, 2.05) is 41.3 Å². The van der Waals surface area contributed by atoms with Gasteiger partial charge in [0.25, 0.3) is 0 Å². The SMILES string of the molecule is Cc1ccccc1CN(CCC(=O)O)c1cccc(Cl)c1. The van der Waals surface area contributed by atoms with Crippen molar-refractivity contribution >= 4 is 23.3 Å². The van der Waals surface area contributed by atoms with Crippen LogP contribution >= 0.6 is 11.6 Å². The van der Waals surface area contributed by atoms with E-state index in [1.54, 1.807) is 0 Å². The summed E-state index contributed by atoms with van der Waals surface area (Å²) in [6.45, 7) is 3.17. The Balaban J connectivity index is 2.23. The van der Waals surface area contributed by atoms with E-state index in [0.717, 1.165) is 5.69 Å². The molecule has 0 spiro atoms. The molecule has 2 aromatic carbocycles. The minimum absolute atomic E-state index is 0.0956. The summed E-state index contributed by atoms with van der Waals surface area (Å²) in [7, 11) is 0. The third-order valence-corrected chi connectivity index (χ3v) is 3.63. The fraction of sp³-hybridized carbons (Fsp3) is 0.235. The van der Waals surface area contributed by atoms with Gasteiger partial charge in [0.2, 0.25) is 0 Å². The van der Waals surface area contributed by atoms with Crippen molar-refractivity contribution in [3.8, 4) is 0 Å². The zero-order valence-corrected chi connectivity index (χ0v) is 12.7. The second-order valence-electron chi connectivity index (χ2n) is 4.97. The van der Waals surface area contributed by atoms with Crippen molar-refractivity contribution in [2.75, 3.05) is 11.4 Å². The number of rotatable bonds is 6. The first-order valence-electron chi connectivity index (χ1n) is 6.83. The maximum Gasteiger partial charge on any atom is 0.305 e. The number of nitrogens with zero attached hydrogens (tertiary/aromatic N) is 1. The van der Waals surface area contributed by atoms with E-state index < -0.39 is 5.97 Å². The van der Waals surface area contributed by atoms with E-state index in [1.165, 1.54) is 11.1 Å². The van der Waals surface area contributed by atoms with Gasteiger partial charge in [-0.15, -0.1) is 0 Å². The molecule has 4 heteroatoms. The molecule has 0 aliphatic rings. The van der Waals surface area contributed by atoms with E-state index in [4.69, 9.17) is 16.7 Å². The molecule has 0 amide bonds. The lowest BCUT2D eigenvalue weighted by Crippen LogP contribution is -2.26. The van der Waals surface area contributed by atoms with Crippen molar-refractivity contribution in [1.29, 1.82) is 0 Å². The van der Waals surface area contributed by atoms with Crippen molar-refractivity contribution in [3.05, 3.63) is 64.7 Å². The van der Waals surface area contributed by atoms with Crippen LogP contribution in [0.25, 0.3) is 0 Å². The van der Waals surface area contributed by atoms with Gasteiger partial charge in [0.1, 0.15) is 0 Å². The highest BCUT2D eigenvalue weighted by molar-refractivity contribution is 6.30. The Bertz CT molecular complexity index is 628. The predicted octanol–water partition coefficient (Wildman–Crippen LogP) is 4.13. The average molecular weight is 304 g/mol. The maximum atomic E-state index is 10.9. The Labute approximate surface area is 129 Å². The number of benzene rings is 2. The number of carboxylic acid groups (broad SMARTS) is 1. The number of halogens is 1. The van der Waals surface area contributed by atoms with Crippen LogP contribution in [0.2, 0.25) is 5.02 Å². The lowest BCUT2D eigenvalue weighted by Gasteiger charge is -2.25. The minimum Gasteiger partial charge on any atom is -0.481 e. The summed E-state index contributed by atoms with van der Waals surface area (Å²) in [4.78, 5) is 12.9. The molecule has 1 N–H and O–H groups in total. The van der Waals surface area contributed by atoms with Gasteiger partial charge in [0.05, 0.1) is 6.42 Å². The van der Waals surface area contributed by atoms with Crippen molar-refractivity contribution in [2.45, 2.75) is 19.9 Å². The first-order chi connectivity index (χ1) is 10.1. The summed E-state index contributed by atoms with van der Waals surface area (Å²) in [6, 6.07) is 15.6. The summed E-state index contributed by atoms with van der Waals surface area (Å²) >= 11 is 6.04. The lowest BCUT2D eigenvalue weighted by molar-refractivity contribution is -0.136. The quantitative estimate of drug-likeness (QED) is 0.872. The van der Waals surface area contributed by atoms with Gasteiger partial charge in [-0.05, 0) is 36.2 Å². The molecule has 2 aromatic rings. The van der Waals surface area contributed by atoms with Crippen LogP contribution in [-0.4, -0.2) is 17.6 Å². The zero-order chi connectivity index (χ0) is 15.2. The molecule has 0 saturated heterocycles. The number of carboxylic acids is 1. The van der Waals surface area contributed by atoms with Crippen molar-refractivity contribution in [2.24, 2.45) is 0 Å². The number of aliphatic carboxylic acids is 1. The number of hydrogen-bond donors (Lipinski definition) is 1. The Kier molecular flexibility index (Phi) is 5.23. The summed E-state index contributed by atoms with van der Waals surface area (Å²) < 4.78 is 0. The molecule has 0 atom stereocenters. The third-order valence-electron chi connectivity index (χ3n) is 3.39. The van der Waals surface area contributed by atoms with Gasteiger partial charge in [0, 0.05) is 23.8 Å². The fourth-order valence-electron chi connectivity index (χ4n) is 2.20. The smallest absolute Gasteiger partial charge is 0.305 e. The Morgan fingerprint density at radius 2 is 1.95 bits per heavy atom. The molecule has 0 aliphatic heterocycles. The highest BCUT2D eigenvalue weighted by Crippen LogP contribution is 2.22. The number of carbonyl (C=O) groups is 1. The zero-order valence-electron chi connectivity index (χ0n) is 11.9. The molecule has 110 valence electrons. The molecule has 0 saturated carbocycles. The molecule has 0 unspecified atom stereocenters. The molecule has 3 nitrogen and oxygen atoms in total. The first-order valence-corrected chi connectivity index (χ1v) is 7.21. The van der Waals surface area contributed by atoms with Gasteiger partial charge in [-0.3, -0.25) is 4.79 Å². The van der Waals surface area contributed by atoms with Gasteiger partial charge in [-0.25, -0.2) is 0 Å². The van der Waals surface area contributed by atoms with E-state index in [2.05, 4.69) is 19.1 Å². The minimum atomic E-state index is -0.799. The third kappa shape index (κ3) is 4.50. The normalized spacial score (nSPS) is 10.4. The summed E-state index contributed by atoms with van der Waals surface area (Å²) in [5, 5.41) is 9.58. The van der Waals surface area contributed by atoms with Crippen LogP contribution in [0.1, 0.15) is 17.5 Å². The van der Waals surface area contributed by atoms with E-state index in [9.17, 15) is 4.79 Å². The predicted molar refractivity (Wildman–Crippen MR) is 85.9 cm³/mol. The second kappa shape index (κ2) is 7.14. The molecule has 0 aromatic heterocycles. The largest absolute Gasteiger partial charge is 0.481 e. The first kappa shape index (κ1) is 15.4. The molecule has 2 rings (SSSR count). The number of anilines is 1. The maximum absolute atomic E-state index is 10.9. The second-order valence-corrected chi connectivity index (χ2v) is 5.41. The van der Waals surface area contributed by atoms with Crippen LogP contribution < -0.4 is 4.90 Å². The van der Waals surface area contributed by atoms with Gasteiger partial charge < -0.3 is 10.0 Å². The van der Waals surface area contributed by atoms with Crippen LogP contribution in [0, 0.1) is 6.92 Å². The summed E-state index contributed by atoms with van der Waals surface area (Å²) in [5.74, 6) is -0.799. The van der Waals surface area contributed by atoms with Gasteiger partial charge in [-0.2, -0.15) is 0 Å². The van der Waals surface area contributed by atoms with Gasteiger partial charge in [0.15, 0.2) is 0 Å².